The summed E-state index contributed by atoms with van der Waals surface area (Å²) < 4.78 is 2.04. The molecule has 154 valence electrons. The number of nitro benzene ring substituents is 1. The molecule has 1 N–H and O–H groups in total. The van der Waals surface area contributed by atoms with E-state index in [1.165, 1.54) is 12.1 Å². The SMILES string of the molecule is O=C(N/N=C\c1cn(Cc2ccc([N+](=O)[O-])cc2)c2ccccc12)c1ccc(Cl)cc1. The number of carbonyl (C=O) groups excluding carboxylic acids is 1. The first-order chi connectivity index (χ1) is 15.0. The second kappa shape index (κ2) is 8.81. The standard InChI is InChI=1S/C23H17ClN4O3/c24-19-9-7-17(8-10-19)23(29)26-25-13-18-15-27(22-4-2-1-3-21(18)22)14-16-5-11-20(12-6-16)28(30)31/h1-13,15H,14H2,(H,26,29)/b25-13-. The van der Waals surface area contributed by atoms with Crippen LogP contribution in [-0.4, -0.2) is 21.6 Å². The number of nitrogens with one attached hydrogen (secondary N) is 1. The number of hydrazone groups is 1. The molecule has 0 atom stereocenters. The lowest BCUT2D eigenvalue weighted by atomic mass is 10.2. The van der Waals surface area contributed by atoms with E-state index in [4.69, 9.17) is 11.6 Å². The van der Waals surface area contributed by atoms with Gasteiger partial charge in [0.1, 0.15) is 0 Å². The summed E-state index contributed by atoms with van der Waals surface area (Å²) in [6.07, 6.45) is 3.53. The van der Waals surface area contributed by atoms with Gasteiger partial charge in [-0.25, -0.2) is 5.43 Å². The first-order valence-corrected chi connectivity index (χ1v) is 9.79. The lowest BCUT2D eigenvalue weighted by Gasteiger charge is -2.05. The molecular weight excluding hydrogens is 416 g/mol. The number of hydrogen-bond donors (Lipinski definition) is 1. The van der Waals surface area contributed by atoms with Gasteiger partial charge in [0.25, 0.3) is 11.6 Å². The fourth-order valence-electron chi connectivity index (χ4n) is 3.25. The van der Waals surface area contributed by atoms with Crippen molar-refractivity contribution in [3.63, 3.8) is 0 Å². The smallest absolute Gasteiger partial charge is 0.271 e. The van der Waals surface area contributed by atoms with Gasteiger partial charge in [-0.2, -0.15) is 5.10 Å². The van der Waals surface area contributed by atoms with E-state index in [2.05, 4.69) is 10.5 Å². The van der Waals surface area contributed by atoms with Crippen LogP contribution in [0.1, 0.15) is 21.5 Å². The number of halogens is 1. The Labute approximate surface area is 182 Å². The van der Waals surface area contributed by atoms with E-state index in [-0.39, 0.29) is 11.6 Å². The highest BCUT2D eigenvalue weighted by molar-refractivity contribution is 6.30. The summed E-state index contributed by atoms with van der Waals surface area (Å²) in [5.41, 5.74) is 5.81. The zero-order valence-electron chi connectivity index (χ0n) is 16.2. The zero-order chi connectivity index (χ0) is 21.8. The van der Waals surface area contributed by atoms with Crippen LogP contribution in [-0.2, 0) is 6.54 Å². The lowest BCUT2D eigenvalue weighted by Crippen LogP contribution is -2.17. The largest absolute Gasteiger partial charge is 0.342 e. The van der Waals surface area contributed by atoms with Crippen LogP contribution >= 0.6 is 11.6 Å². The van der Waals surface area contributed by atoms with E-state index in [0.717, 1.165) is 22.0 Å². The number of amides is 1. The summed E-state index contributed by atoms with van der Waals surface area (Å²) in [6, 6.07) is 20.9. The van der Waals surface area contributed by atoms with Crippen molar-refractivity contribution >= 4 is 40.3 Å². The molecule has 1 aromatic heterocycles. The number of non-ortho nitro benzene ring substituents is 1. The third-order valence-electron chi connectivity index (χ3n) is 4.80. The van der Waals surface area contributed by atoms with E-state index >= 15 is 0 Å². The van der Waals surface area contributed by atoms with E-state index in [0.29, 0.717) is 17.1 Å². The Morgan fingerprint density at radius 3 is 2.48 bits per heavy atom. The predicted octanol–water partition coefficient (Wildman–Crippen LogP) is 5.02. The Balaban J connectivity index is 1.54. The van der Waals surface area contributed by atoms with Gasteiger partial charge in [-0.15, -0.1) is 0 Å². The van der Waals surface area contributed by atoms with Crippen molar-refractivity contribution in [2.24, 2.45) is 5.10 Å². The summed E-state index contributed by atoms with van der Waals surface area (Å²) in [5, 5.41) is 16.5. The molecule has 4 rings (SSSR count). The Kier molecular flexibility index (Phi) is 5.77. The number of rotatable bonds is 6. The van der Waals surface area contributed by atoms with Gasteiger partial charge < -0.3 is 4.57 Å². The van der Waals surface area contributed by atoms with Crippen LogP contribution in [0.4, 0.5) is 5.69 Å². The molecule has 0 aliphatic rings. The average Bonchev–Trinajstić information content (AvgIpc) is 3.12. The minimum atomic E-state index is -0.415. The maximum Gasteiger partial charge on any atom is 0.271 e. The van der Waals surface area contributed by atoms with Crippen LogP contribution in [0.3, 0.4) is 0 Å². The zero-order valence-corrected chi connectivity index (χ0v) is 17.0. The average molecular weight is 433 g/mol. The van der Waals surface area contributed by atoms with Crippen molar-refractivity contribution in [1.29, 1.82) is 0 Å². The Hall–Kier alpha value is -3.97. The molecule has 0 spiro atoms. The van der Waals surface area contributed by atoms with Crippen LogP contribution < -0.4 is 5.43 Å². The number of para-hydroxylation sites is 1. The second-order valence-corrected chi connectivity index (χ2v) is 7.30. The molecular formula is C23H17ClN4O3. The van der Waals surface area contributed by atoms with Gasteiger partial charge in [-0.3, -0.25) is 14.9 Å². The van der Waals surface area contributed by atoms with Gasteiger partial charge in [0, 0.05) is 51.9 Å². The van der Waals surface area contributed by atoms with E-state index in [9.17, 15) is 14.9 Å². The fourth-order valence-corrected chi connectivity index (χ4v) is 3.38. The first kappa shape index (κ1) is 20.3. The van der Waals surface area contributed by atoms with Gasteiger partial charge >= 0.3 is 0 Å². The number of nitro groups is 1. The van der Waals surface area contributed by atoms with Gasteiger partial charge in [0.15, 0.2) is 0 Å². The summed E-state index contributed by atoms with van der Waals surface area (Å²) in [4.78, 5) is 22.6. The molecule has 4 aromatic rings. The second-order valence-electron chi connectivity index (χ2n) is 6.86. The maximum atomic E-state index is 12.2. The monoisotopic (exact) mass is 432 g/mol. The molecule has 0 unspecified atom stereocenters. The number of aromatic nitrogens is 1. The topological polar surface area (TPSA) is 89.5 Å². The number of carbonyl (C=O) groups is 1. The van der Waals surface area contributed by atoms with Gasteiger partial charge in [0.2, 0.25) is 0 Å². The molecule has 0 saturated heterocycles. The number of nitrogens with zero attached hydrogens (tertiary/aromatic N) is 3. The van der Waals surface area contributed by atoms with Gasteiger partial charge in [-0.05, 0) is 35.9 Å². The van der Waals surface area contributed by atoms with Crippen LogP contribution in [0, 0.1) is 10.1 Å². The maximum absolute atomic E-state index is 12.2. The number of fused-ring (bicyclic) bond motifs is 1. The summed E-state index contributed by atoms with van der Waals surface area (Å²) in [5.74, 6) is -0.331. The van der Waals surface area contributed by atoms with Crippen molar-refractivity contribution in [2.45, 2.75) is 6.54 Å². The van der Waals surface area contributed by atoms with Crippen molar-refractivity contribution in [3.8, 4) is 0 Å². The third-order valence-corrected chi connectivity index (χ3v) is 5.05. The third kappa shape index (κ3) is 4.62. The van der Waals surface area contributed by atoms with Crippen LogP contribution in [0.25, 0.3) is 10.9 Å². The molecule has 0 aliphatic heterocycles. The summed E-state index contributed by atoms with van der Waals surface area (Å²) >= 11 is 5.84. The molecule has 8 heteroatoms. The van der Waals surface area contributed by atoms with Gasteiger partial charge in [-0.1, -0.05) is 41.9 Å². The van der Waals surface area contributed by atoms with E-state index in [1.54, 1.807) is 42.6 Å². The molecule has 0 aliphatic carbocycles. The predicted molar refractivity (Wildman–Crippen MR) is 121 cm³/mol. The Morgan fingerprint density at radius 1 is 1.06 bits per heavy atom. The lowest BCUT2D eigenvalue weighted by molar-refractivity contribution is -0.384. The molecule has 1 amide bonds. The Morgan fingerprint density at radius 2 is 1.77 bits per heavy atom. The molecule has 3 aromatic carbocycles. The van der Waals surface area contributed by atoms with Crippen LogP contribution in [0.2, 0.25) is 5.02 Å². The van der Waals surface area contributed by atoms with Crippen molar-refractivity contribution in [3.05, 3.63) is 111 Å². The van der Waals surface area contributed by atoms with E-state index < -0.39 is 4.92 Å². The van der Waals surface area contributed by atoms with Crippen molar-refractivity contribution in [2.75, 3.05) is 0 Å². The van der Waals surface area contributed by atoms with Crippen LogP contribution in [0.15, 0.2) is 84.1 Å². The summed E-state index contributed by atoms with van der Waals surface area (Å²) in [7, 11) is 0. The molecule has 0 saturated carbocycles. The fraction of sp³-hybridized carbons (Fsp3) is 0.0435. The normalized spacial score (nSPS) is 11.1. The molecule has 31 heavy (non-hydrogen) atoms. The molecule has 0 bridgehead atoms. The highest BCUT2D eigenvalue weighted by Gasteiger charge is 2.09. The highest BCUT2D eigenvalue weighted by Crippen LogP contribution is 2.22. The van der Waals surface area contributed by atoms with Gasteiger partial charge in [0.05, 0.1) is 11.1 Å². The first-order valence-electron chi connectivity index (χ1n) is 9.41. The summed E-state index contributed by atoms with van der Waals surface area (Å²) in [6.45, 7) is 0.545. The van der Waals surface area contributed by atoms with E-state index in [1.807, 2.05) is 35.0 Å². The highest BCUT2D eigenvalue weighted by atomic mass is 35.5. The molecule has 0 fully saturated rings. The van der Waals surface area contributed by atoms with Crippen molar-refractivity contribution in [1.82, 2.24) is 9.99 Å². The quantitative estimate of drug-likeness (QED) is 0.263. The number of benzene rings is 3. The Bertz CT molecular complexity index is 1280. The minimum Gasteiger partial charge on any atom is -0.342 e. The van der Waals surface area contributed by atoms with Crippen molar-refractivity contribution < 1.29 is 9.72 Å². The molecule has 1 heterocycles. The number of hydrogen-bond acceptors (Lipinski definition) is 4. The molecule has 0 radical (unpaired) electrons. The molecule has 7 nitrogen and oxygen atoms in total. The van der Waals surface area contributed by atoms with Crippen LogP contribution in [0.5, 0.6) is 0 Å². The minimum absolute atomic E-state index is 0.0605.